The Morgan fingerprint density at radius 1 is 1.35 bits per heavy atom. The van der Waals surface area contributed by atoms with Gasteiger partial charge in [-0.25, -0.2) is 9.18 Å². The fourth-order valence-corrected chi connectivity index (χ4v) is 3.15. The minimum atomic E-state index is -0.454. The van der Waals surface area contributed by atoms with Gasteiger partial charge < -0.3 is 15.0 Å². The molecule has 1 aromatic rings. The average molecular weight is 362 g/mol. The summed E-state index contributed by atoms with van der Waals surface area (Å²) in [6.07, 6.45) is 4.84. The van der Waals surface area contributed by atoms with Crippen molar-refractivity contribution in [2.75, 3.05) is 19.6 Å². The van der Waals surface area contributed by atoms with E-state index in [2.05, 4.69) is 18.3 Å². The van der Waals surface area contributed by atoms with Crippen LogP contribution < -0.4 is 5.32 Å². The van der Waals surface area contributed by atoms with Gasteiger partial charge in [0, 0.05) is 19.1 Å². The van der Waals surface area contributed by atoms with Crippen LogP contribution in [-0.4, -0.2) is 42.3 Å². The number of hydrogen-bond donors (Lipinski definition) is 1. The highest BCUT2D eigenvalue weighted by Gasteiger charge is 2.31. The van der Waals surface area contributed by atoms with Crippen LogP contribution in [0.5, 0.6) is 0 Å². The second-order valence-electron chi connectivity index (χ2n) is 7.98. The van der Waals surface area contributed by atoms with Crippen molar-refractivity contribution in [1.82, 2.24) is 10.2 Å². The first-order valence-electron chi connectivity index (χ1n) is 9.38. The molecule has 5 heteroatoms. The summed E-state index contributed by atoms with van der Waals surface area (Å²) >= 11 is 0. The summed E-state index contributed by atoms with van der Waals surface area (Å²) in [6.45, 7) is 10.1. The average Bonchev–Trinajstić information content (AvgIpc) is 3.01. The Morgan fingerprint density at radius 3 is 2.69 bits per heavy atom. The van der Waals surface area contributed by atoms with Crippen molar-refractivity contribution in [1.29, 1.82) is 0 Å². The molecule has 1 saturated heterocycles. The largest absolute Gasteiger partial charge is 0.444 e. The van der Waals surface area contributed by atoms with Gasteiger partial charge in [-0.1, -0.05) is 23.8 Å². The first-order valence-corrected chi connectivity index (χ1v) is 9.38. The fraction of sp³-hybridized carbons (Fsp3) is 0.571. The van der Waals surface area contributed by atoms with E-state index >= 15 is 0 Å². The lowest BCUT2D eigenvalue weighted by molar-refractivity contribution is 0.0221. The van der Waals surface area contributed by atoms with Gasteiger partial charge in [0.2, 0.25) is 0 Å². The Kier molecular flexibility index (Phi) is 7.21. The molecule has 0 saturated carbocycles. The molecule has 0 aromatic heterocycles. The molecule has 1 heterocycles. The van der Waals surface area contributed by atoms with Crippen molar-refractivity contribution in [2.24, 2.45) is 0 Å². The zero-order valence-corrected chi connectivity index (χ0v) is 16.3. The van der Waals surface area contributed by atoms with E-state index in [0.717, 1.165) is 44.5 Å². The van der Waals surface area contributed by atoms with Gasteiger partial charge in [0.25, 0.3) is 0 Å². The summed E-state index contributed by atoms with van der Waals surface area (Å²) in [5.41, 5.74) is 1.73. The lowest BCUT2D eigenvalue weighted by atomic mass is 10.1. The number of ether oxygens (including phenoxy) is 1. The minimum absolute atomic E-state index is 0.201. The van der Waals surface area contributed by atoms with Crippen LogP contribution in [-0.2, 0) is 4.74 Å². The van der Waals surface area contributed by atoms with Crippen LogP contribution in [0, 0.1) is 5.82 Å². The van der Waals surface area contributed by atoms with E-state index in [1.54, 1.807) is 12.1 Å². The summed E-state index contributed by atoms with van der Waals surface area (Å²) in [5, 5.41) is 3.43. The van der Waals surface area contributed by atoms with Gasteiger partial charge in [-0.15, -0.1) is 0 Å². The van der Waals surface area contributed by atoms with Gasteiger partial charge in [0.1, 0.15) is 11.4 Å². The van der Waals surface area contributed by atoms with Crippen LogP contribution in [0.4, 0.5) is 9.18 Å². The number of rotatable bonds is 6. The summed E-state index contributed by atoms with van der Waals surface area (Å²) in [7, 11) is 0. The molecule has 4 nitrogen and oxygen atoms in total. The third kappa shape index (κ3) is 6.79. The fourth-order valence-electron chi connectivity index (χ4n) is 3.15. The summed E-state index contributed by atoms with van der Waals surface area (Å²) in [6, 6.07) is 6.74. The number of benzene rings is 1. The molecule has 1 amide bonds. The lowest BCUT2D eigenvalue weighted by Crippen LogP contribution is -2.40. The number of carbonyl (C=O) groups is 1. The highest BCUT2D eigenvalue weighted by Crippen LogP contribution is 2.22. The van der Waals surface area contributed by atoms with Crippen LogP contribution in [0.1, 0.15) is 52.5 Å². The van der Waals surface area contributed by atoms with Gasteiger partial charge in [0.05, 0.1) is 0 Å². The normalized spacial score (nSPS) is 18.3. The van der Waals surface area contributed by atoms with E-state index in [1.165, 1.54) is 17.7 Å². The molecular formula is C21H31FN2O2. The highest BCUT2D eigenvalue weighted by atomic mass is 19.1. The highest BCUT2D eigenvalue weighted by molar-refractivity contribution is 5.68. The van der Waals surface area contributed by atoms with Crippen LogP contribution in [0.3, 0.4) is 0 Å². The molecule has 0 bridgehead atoms. The monoisotopic (exact) mass is 362 g/mol. The number of amides is 1. The molecule has 1 N–H and O–H groups in total. The second-order valence-corrected chi connectivity index (χ2v) is 7.98. The number of nitrogens with zero attached hydrogens (tertiary/aromatic N) is 1. The predicted octanol–water partition coefficient (Wildman–Crippen LogP) is 4.61. The molecule has 0 aliphatic carbocycles. The van der Waals surface area contributed by atoms with Crippen LogP contribution >= 0.6 is 0 Å². The Morgan fingerprint density at radius 2 is 2.04 bits per heavy atom. The summed E-state index contributed by atoms with van der Waals surface area (Å²) in [4.78, 5) is 14.2. The van der Waals surface area contributed by atoms with Crippen molar-refractivity contribution in [3.8, 4) is 0 Å². The Balaban J connectivity index is 1.74. The van der Waals surface area contributed by atoms with Gasteiger partial charge in [-0.2, -0.15) is 0 Å². The zero-order valence-electron chi connectivity index (χ0n) is 16.3. The molecule has 2 rings (SSSR count). The number of nitrogens with one attached hydrogen (secondary N) is 1. The van der Waals surface area contributed by atoms with Gasteiger partial charge in [-0.05, 0) is 71.2 Å². The van der Waals surface area contributed by atoms with E-state index in [-0.39, 0.29) is 18.0 Å². The third-order valence-corrected chi connectivity index (χ3v) is 4.35. The molecule has 1 aliphatic heterocycles. The van der Waals surface area contributed by atoms with Gasteiger partial charge >= 0.3 is 6.09 Å². The molecule has 0 spiro atoms. The molecular weight excluding hydrogens is 331 g/mol. The predicted molar refractivity (Wildman–Crippen MR) is 103 cm³/mol. The number of likely N-dealkylation sites (tertiary alicyclic amines) is 1. The van der Waals surface area contributed by atoms with Crippen molar-refractivity contribution in [3.63, 3.8) is 0 Å². The van der Waals surface area contributed by atoms with E-state index in [1.807, 2.05) is 25.7 Å². The van der Waals surface area contributed by atoms with Crippen LogP contribution in [0.25, 0.3) is 6.08 Å². The summed E-state index contributed by atoms with van der Waals surface area (Å²) in [5.74, 6) is -0.218. The molecule has 1 fully saturated rings. The molecule has 1 unspecified atom stereocenters. The molecule has 26 heavy (non-hydrogen) atoms. The number of halogens is 1. The molecule has 1 atom stereocenters. The quantitative estimate of drug-likeness (QED) is 0.752. The smallest absolute Gasteiger partial charge is 0.410 e. The van der Waals surface area contributed by atoms with Crippen molar-refractivity contribution in [2.45, 2.75) is 58.6 Å². The van der Waals surface area contributed by atoms with E-state index in [9.17, 15) is 9.18 Å². The molecule has 1 aliphatic rings. The minimum Gasteiger partial charge on any atom is -0.444 e. The number of carbonyl (C=O) groups excluding carboxylic acids is 1. The van der Waals surface area contributed by atoms with Crippen LogP contribution in [0.2, 0.25) is 0 Å². The topological polar surface area (TPSA) is 41.6 Å². The van der Waals surface area contributed by atoms with E-state index in [0.29, 0.717) is 0 Å². The molecule has 1 aromatic carbocycles. The second kappa shape index (κ2) is 9.17. The SMILES string of the molecule is CC(=Cc1ccc(F)cc1)CNCCC1CCCN1C(=O)OC(C)(C)C. The van der Waals surface area contributed by atoms with Gasteiger partial charge in [-0.3, -0.25) is 0 Å². The van der Waals surface area contributed by atoms with Crippen molar-refractivity contribution >= 4 is 12.2 Å². The maximum atomic E-state index is 12.9. The van der Waals surface area contributed by atoms with Crippen molar-refractivity contribution < 1.29 is 13.9 Å². The summed E-state index contributed by atoms with van der Waals surface area (Å²) < 4.78 is 18.4. The van der Waals surface area contributed by atoms with Gasteiger partial charge in [0.15, 0.2) is 0 Å². The maximum Gasteiger partial charge on any atom is 0.410 e. The first kappa shape index (κ1) is 20.4. The van der Waals surface area contributed by atoms with Crippen LogP contribution in [0.15, 0.2) is 29.8 Å². The Labute approximate surface area is 156 Å². The van der Waals surface area contributed by atoms with Crippen molar-refractivity contribution in [3.05, 3.63) is 41.2 Å². The Bertz CT molecular complexity index is 620. The third-order valence-electron chi connectivity index (χ3n) is 4.35. The lowest BCUT2D eigenvalue weighted by Gasteiger charge is -2.28. The number of hydrogen-bond acceptors (Lipinski definition) is 3. The molecule has 144 valence electrons. The maximum absolute atomic E-state index is 12.9. The van der Waals surface area contributed by atoms with E-state index < -0.39 is 5.60 Å². The Hall–Kier alpha value is -1.88. The zero-order chi connectivity index (χ0) is 19.2. The molecule has 0 radical (unpaired) electrons. The van der Waals surface area contributed by atoms with E-state index in [4.69, 9.17) is 4.74 Å². The standard InChI is InChI=1S/C21H31FN2O2/c1-16(14-17-7-9-18(22)10-8-17)15-23-12-11-19-6-5-13-24(19)20(25)26-21(2,3)4/h7-10,14,19,23H,5-6,11-13,15H2,1-4H3. The first-order chi connectivity index (χ1) is 12.2.